The van der Waals surface area contributed by atoms with Crippen LogP contribution in [0.3, 0.4) is 0 Å². The summed E-state index contributed by atoms with van der Waals surface area (Å²) in [5, 5.41) is 6.73. The Kier molecular flexibility index (Phi) is 6.15. The van der Waals surface area contributed by atoms with Crippen LogP contribution in [0.4, 0.5) is 5.69 Å². The largest absolute Gasteiger partial charge is 0.329 e. The van der Waals surface area contributed by atoms with Gasteiger partial charge in [0.1, 0.15) is 0 Å². The molecule has 0 saturated heterocycles. The minimum Gasteiger partial charge on any atom is -0.316 e. The fourth-order valence-corrected chi connectivity index (χ4v) is 2.14. The van der Waals surface area contributed by atoms with Crippen molar-refractivity contribution in [1.29, 1.82) is 0 Å². The molecule has 0 atom stereocenters. The zero-order chi connectivity index (χ0) is 16.8. The SMILES string of the molecule is O=C(N/N=C/c1ccc(Br)cc1)C(=O)Nc1cc(Cl)ccc1Cl. The lowest BCUT2D eigenvalue weighted by Crippen LogP contribution is -2.32. The molecule has 0 saturated carbocycles. The number of hydrogen-bond donors (Lipinski definition) is 2. The molecule has 0 radical (unpaired) electrons. The first-order valence-electron chi connectivity index (χ1n) is 6.31. The zero-order valence-corrected chi connectivity index (χ0v) is 14.6. The second kappa shape index (κ2) is 8.10. The Morgan fingerprint density at radius 3 is 2.43 bits per heavy atom. The molecule has 2 N–H and O–H groups in total. The van der Waals surface area contributed by atoms with Crippen molar-refractivity contribution < 1.29 is 9.59 Å². The monoisotopic (exact) mass is 413 g/mol. The highest BCUT2D eigenvalue weighted by molar-refractivity contribution is 9.10. The molecule has 0 heterocycles. The molecule has 0 aliphatic rings. The fourth-order valence-electron chi connectivity index (χ4n) is 1.54. The van der Waals surface area contributed by atoms with Crippen molar-refractivity contribution in [3.05, 3.63) is 62.5 Å². The highest BCUT2D eigenvalue weighted by atomic mass is 79.9. The minimum atomic E-state index is -0.922. The maximum atomic E-state index is 11.8. The number of nitrogens with zero attached hydrogens (tertiary/aromatic N) is 1. The van der Waals surface area contributed by atoms with Crippen LogP contribution in [0, 0.1) is 0 Å². The van der Waals surface area contributed by atoms with Crippen LogP contribution >= 0.6 is 39.1 Å². The molecule has 0 aliphatic heterocycles. The summed E-state index contributed by atoms with van der Waals surface area (Å²) < 4.78 is 0.927. The average molecular weight is 415 g/mol. The maximum absolute atomic E-state index is 11.8. The molecule has 23 heavy (non-hydrogen) atoms. The Bertz CT molecular complexity index is 764. The number of carbonyl (C=O) groups is 2. The van der Waals surface area contributed by atoms with Crippen molar-refractivity contribution in [2.24, 2.45) is 5.10 Å². The van der Waals surface area contributed by atoms with Crippen molar-refractivity contribution in [2.45, 2.75) is 0 Å². The summed E-state index contributed by atoms with van der Waals surface area (Å²) in [4.78, 5) is 23.4. The van der Waals surface area contributed by atoms with E-state index < -0.39 is 11.8 Å². The maximum Gasteiger partial charge on any atom is 0.329 e. The first-order valence-corrected chi connectivity index (χ1v) is 7.85. The van der Waals surface area contributed by atoms with Gasteiger partial charge in [-0.3, -0.25) is 9.59 Å². The molecule has 2 aromatic carbocycles. The van der Waals surface area contributed by atoms with Crippen LogP contribution in [0.1, 0.15) is 5.56 Å². The Hall–Kier alpha value is -1.89. The summed E-state index contributed by atoms with van der Waals surface area (Å²) in [7, 11) is 0. The molecule has 0 spiro atoms. The van der Waals surface area contributed by atoms with Crippen LogP contribution in [0.5, 0.6) is 0 Å². The Labute approximate surface area is 150 Å². The molecule has 2 rings (SSSR count). The van der Waals surface area contributed by atoms with Gasteiger partial charge in [0.25, 0.3) is 0 Å². The highest BCUT2D eigenvalue weighted by Gasteiger charge is 2.14. The third kappa shape index (κ3) is 5.35. The van der Waals surface area contributed by atoms with Crippen LogP contribution in [0.25, 0.3) is 0 Å². The molecule has 2 aromatic rings. The van der Waals surface area contributed by atoms with Gasteiger partial charge in [0.05, 0.1) is 16.9 Å². The number of carbonyl (C=O) groups excluding carboxylic acids is 2. The topological polar surface area (TPSA) is 70.6 Å². The Morgan fingerprint density at radius 1 is 1.04 bits per heavy atom. The molecule has 2 amide bonds. The summed E-state index contributed by atoms with van der Waals surface area (Å²) in [6.07, 6.45) is 1.42. The van der Waals surface area contributed by atoms with E-state index in [1.54, 1.807) is 18.2 Å². The molecule has 118 valence electrons. The van der Waals surface area contributed by atoms with E-state index in [1.807, 2.05) is 12.1 Å². The molecule has 0 aromatic heterocycles. The molecular formula is C15H10BrCl2N3O2. The normalized spacial score (nSPS) is 10.6. The van der Waals surface area contributed by atoms with Crippen molar-refractivity contribution in [2.75, 3.05) is 5.32 Å². The second-order valence-electron chi connectivity index (χ2n) is 4.33. The van der Waals surface area contributed by atoms with Gasteiger partial charge in [-0.25, -0.2) is 5.43 Å². The van der Waals surface area contributed by atoms with Crippen LogP contribution < -0.4 is 10.7 Å². The summed E-state index contributed by atoms with van der Waals surface area (Å²) in [6.45, 7) is 0. The van der Waals surface area contributed by atoms with Crippen LogP contribution in [-0.2, 0) is 9.59 Å². The van der Waals surface area contributed by atoms with Gasteiger partial charge in [-0.15, -0.1) is 0 Å². The fraction of sp³-hybridized carbons (Fsp3) is 0. The number of hydrazone groups is 1. The lowest BCUT2D eigenvalue weighted by atomic mass is 10.2. The quantitative estimate of drug-likeness (QED) is 0.455. The second-order valence-corrected chi connectivity index (χ2v) is 6.09. The van der Waals surface area contributed by atoms with E-state index in [9.17, 15) is 9.59 Å². The van der Waals surface area contributed by atoms with Crippen LogP contribution in [0.2, 0.25) is 10.0 Å². The van der Waals surface area contributed by atoms with Crippen LogP contribution in [0.15, 0.2) is 52.0 Å². The smallest absolute Gasteiger partial charge is 0.316 e. The average Bonchev–Trinajstić information content (AvgIpc) is 2.52. The number of rotatable bonds is 3. The molecule has 0 aliphatic carbocycles. The van der Waals surface area contributed by atoms with Crippen LogP contribution in [-0.4, -0.2) is 18.0 Å². The number of hydrogen-bond acceptors (Lipinski definition) is 3. The summed E-state index contributed by atoms with van der Waals surface area (Å²) in [5.41, 5.74) is 3.15. The predicted octanol–water partition coefficient (Wildman–Crippen LogP) is 3.84. The van der Waals surface area contributed by atoms with Gasteiger partial charge in [0.15, 0.2) is 0 Å². The third-order valence-corrected chi connectivity index (χ3v) is 3.73. The molecule has 0 unspecified atom stereocenters. The standard InChI is InChI=1S/C15H10BrCl2N3O2/c16-10-3-1-9(2-4-10)8-19-21-15(23)14(22)20-13-7-11(17)5-6-12(13)18/h1-8H,(H,20,22)(H,21,23)/b19-8+. The predicted molar refractivity (Wildman–Crippen MR) is 95.0 cm³/mol. The minimum absolute atomic E-state index is 0.246. The summed E-state index contributed by atoms with van der Waals surface area (Å²) in [5.74, 6) is -1.82. The van der Waals surface area contributed by atoms with E-state index in [0.717, 1.165) is 10.0 Å². The van der Waals surface area contributed by atoms with Gasteiger partial charge >= 0.3 is 11.8 Å². The van der Waals surface area contributed by atoms with E-state index in [0.29, 0.717) is 5.02 Å². The first-order chi connectivity index (χ1) is 11.0. The van der Waals surface area contributed by atoms with E-state index in [-0.39, 0.29) is 10.7 Å². The van der Waals surface area contributed by atoms with Gasteiger partial charge in [0, 0.05) is 9.50 Å². The van der Waals surface area contributed by atoms with Gasteiger partial charge in [-0.2, -0.15) is 5.10 Å². The highest BCUT2D eigenvalue weighted by Crippen LogP contribution is 2.25. The molecule has 0 bridgehead atoms. The van der Waals surface area contributed by atoms with E-state index in [1.165, 1.54) is 18.3 Å². The van der Waals surface area contributed by atoms with Gasteiger partial charge in [-0.05, 0) is 35.9 Å². The third-order valence-electron chi connectivity index (χ3n) is 2.63. The zero-order valence-electron chi connectivity index (χ0n) is 11.5. The molecule has 5 nitrogen and oxygen atoms in total. The number of amides is 2. The van der Waals surface area contributed by atoms with Gasteiger partial charge in [-0.1, -0.05) is 51.3 Å². The summed E-state index contributed by atoms with van der Waals surface area (Å²) in [6, 6.07) is 11.8. The number of nitrogens with one attached hydrogen (secondary N) is 2. The Morgan fingerprint density at radius 2 is 1.74 bits per heavy atom. The summed E-state index contributed by atoms with van der Waals surface area (Å²) >= 11 is 15.0. The van der Waals surface area contributed by atoms with Crippen molar-refractivity contribution in [3.63, 3.8) is 0 Å². The van der Waals surface area contributed by atoms with E-state index in [4.69, 9.17) is 23.2 Å². The molecular weight excluding hydrogens is 405 g/mol. The lowest BCUT2D eigenvalue weighted by Gasteiger charge is -2.06. The van der Waals surface area contributed by atoms with Gasteiger partial charge in [0.2, 0.25) is 0 Å². The number of benzene rings is 2. The van der Waals surface area contributed by atoms with Crippen molar-refractivity contribution >= 4 is 62.8 Å². The van der Waals surface area contributed by atoms with Crippen molar-refractivity contribution in [1.82, 2.24) is 5.43 Å². The van der Waals surface area contributed by atoms with E-state index >= 15 is 0 Å². The Balaban J connectivity index is 1.93. The first kappa shape index (κ1) is 17.5. The number of anilines is 1. The molecule has 8 heteroatoms. The molecule has 0 fully saturated rings. The van der Waals surface area contributed by atoms with E-state index in [2.05, 4.69) is 31.8 Å². The van der Waals surface area contributed by atoms with Crippen molar-refractivity contribution in [3.8, 4) is 0 Å². The van der Waals surface area contributed by atoms with Gasteiger partial charge < -0.3 is 5.32 Å². The lowest BCUT2D eigenvalue weighted by molar-refractivity contribution is -0.136. The number of halogens is 3.